The van der Waals surface area contributed by atoms with Crippen molar-refractivity contribution in [3.05, 3.63) is 28.7 Å². The zero-order chi connectivity index (χ0) is 8.43. The molecule has 0 unspecified atom stereocenters. The molecule has 3 heteroatoms. The summed E-state index contributed by atoms with van der Waals surface area (Å²) in [5, 5.41) is 1.04. The van der Waals surface area contributed by atoms with Gasteiger partial charge in [-0.1, -0.05) is 13.2 Å². The van der Waals surface area contributed by atoms with Gasteiger partial charge in [0, 0.05) is 4.48 Å². The first-order valence-corrected chi connectivity index (χ1v) is 4.70. The lowest BCUT2D eigenvalue weighted by Gasteiger charge is -1.90. The quantitative estimate of drug-likeness (QED) is 0.758. The van der Waals surface area contributed by atoms with Gasteiger partial charge in [0.25, 0.3) is 0 Å². The standard InChI is InChI=1S/C8H8BrNS/c1-4-7-8(5(2)9)10-6(3)11-7/h4H,1-2H2,3H3. The topological polar surface area (TPSA) is 12.9 Å². The van der Waals surface area contributed by atoms with Crippen LogP contribution in [-0.4, -0.2) is 4.98 Å². The van der Waals surface area contributed by atoms with E-state index in [1.807, 2.05) is 6.92 Å². The van der Waals surface area contributed by atoms with E-state index in [2.05, 4.69) is 34.1 Å². The summed E-state index contributed by atoms with van der Waals surface area (Å²) in [4.78, 5) is 5.36. The number of halogens is 1. The molecule has 0 saturated heterocycles. The number of nitrogens with zero attached hydrogens (tertiary/aromatic N) is 1. The summed E-state index contributed by atoms with van der Waals surface area (Å²) in [5.41, 5.74) is 0.905. The molecular formula is C8H8BrNS. The molecule has 1 aromatic heterocycles. The Hall–Kier alpha value is -0.410. The van der Waals surface area contributed by atoms with Crippen molar-refractivity contribution in [2.75, 3.05) is 0 Å². The first-order chi connectivity index (χ1) is 5.15. The van der Waals surface area contributed by atoms with Gasteiger partial charge >= 0.3 is 0 Å². The Bertz CT molecular complexity index is 301. The highest BCUT2D eigenvalue weighted by atomic mass is 79.9. The van der Waals surface area contributed by atoms with E-state index in [1.54, 1.807) is 17.4 Å². The number of aromatic nitrogens is 1. The molecule has 1 rings (SSSR count). The molecule has 0 aromatic carbocycles. The van der Waals surface area contributed by atoms with E-state index in [9.17, 15) is 0 Å². The van der Waals surface area contributed by atoms with Gasteiger partial charge in [-0.25, -0.2) is 4.98 Å². The SMILES string of the molecule is C=Cc1sc(C)nc1C(=C)Br. The van der Waals surface area contributed by atoms with Crippen molar-refractivity contribution in [1.82, 2.24) is 4.98 Å². The van der Waals surface area contributed by atoms with E-state index in [0.717, 1.165) is 20.1 Å². The number of aryl methyl sites for hydroxylation is 1. The number of hydrogen-bond acceptors (Lipinski definition) is 2. The van der Waals surface area contributed by atoms with E-state index in [1.165, 1.54) is 0 Å². The molecule has 0 radical (unpaired) electrons. The molecule has 58 valence electrons. The molecule has 0 amide bonds. The molecule has 0 saturated carbocycles. The molecule has 0 aliphatic carbocycles. The molecule has 0 aliphatic heterocycles. The Morgan fingerprint density at radius 2 is 2.36 bits per heavy atom. The van der Waals surface area contributed by atoms with Crippen LogP contribution in [0.25, 0.3) is 10.6 Å². The van der Waals surface area contributed by atoms with Gasteiger partial charge in [-0.05, 0) is 28.9 Å². The third-order valence-electron chi connectivity index (χ3n) is 1.20. The van der Waals surface area contributed by atoms with Crippen LogP contribution in [0.2, 0.25) is 0 Å². The summed E-state index contributed by atoms with van der Waals surface area (Å²) in [6.07, 6.45) is 1.80. The van der Waals surface area contributed by atoms with Crippen molar-refractivity contribution >= 4 is 37.8 Å². The highest BCUT2D eigenvalue weighted by molar-refractivity contribution is 9.15. The molecule has 0 N–H and O–H groups in total. The Morgan fingerprint density at radius 1 is 1.73 bits per heavy atom. The monoisotopic (exact) mass is 229 g/mol. The minimum absolute atomic E-state index is 0.816. The smallest absolute Gasteiger partial charge is 0.0950 e. The maximum Gasteiger partial charge on any atom is 0.0950 e. The van der Waals surface area contributed by atoms with Crippen molar-refractivity contribution in [3.63, 3.8) is 0 Å². The van der Waals surface area contributed by atoms with Crippen LogP contribution in [0.5, 0.6) is 0 Å². The summed E-state index contributed by atoms with van der Waals surface area (Å²) in [6.45, 7) is 9.43. The molecule has 1 heterocycles. The lowest BCUT2D eigenvalue weighted by molar-refractivity contribution is 1.27. The molecule has 0 atom stereocenters. The molecule has 1 aromatic rings. The van der Waals surface area contributed by atoms with Gasteiger partial charge in [-0.3, -0.25) is 0 Å². The zero-order valence-electron chi connectivity index (χ0n) is 6.22. The van der Waals surface area contributed by atoms with Crippen molar-refractivity contribution in [1.29, 1.82) is 0 Å². The van der Waals surface area contributed by atoms with Crippen LogP contribution >= 0.6 is 27.3 Å². The van der Waals surface area contributed by atoms with E-state index < -0.39 is 0 Å². The fraction of sp³-hybridized carbons (Fsp3) is 0.125. The fourth-order valence-corrected chi connectivity index (χ4v) is 2.01. The predicted octanol–water partition coefficient (Wildman–Crippen LogP) is 3.46. The van der Waals surface area contributed by atoms with Crippen molar-refractivity contribution in [2.24, 2.45) is 0 Å². The third kappa shape index (κ3) is 1.79. The number of rotatable bonds is 2. The molecule has 0 spiro atoms. The minimum atomic E-state index is 0.816. The Balaban J connectivity index is 3.22. The molecule has 0 bridgehead atoms. The molecule has 1 nitrogen and oxygen atoms in total. The van der Waals surface area contributed by atoms with E-state index in [-0.39, 0.29) is 0 Å². The van der Waals surface area contributed by atoms with Gasteiger partial charge in [0.1, 0.15) is 0 Å². The van der Waals surface area contributed by atoms with E-state index in [0.29, 0.717) is 0 Å². The van der Waals surface area contributed by atoms with Gasteiger partial charge in [-0.2, -0.15) is 0 Å². The second-order valence-electron chi connectivity index (χ2n) is 2.05. The average molecular weight is 230 g/mol. The third-order valence-corrected chi connectivity index (χ3v) is 2.54. The predicted molar refractivity (Wildman–Crippen MR) is 54.9 cm³/mol. The van der Waals surface area contributed by atoms with Gasteiger partial charge in [0.05, 0.1) is 15.6 Å². The van der Waals surface area contributed by atoms with Crippen molar-refractivity contribution in [2.45, 2.75) is 6.92 Å². The van der Waals surface area contributed by atoms with Crippen LogP contribution < -0.4 is 0 Å². The first kappa shape index (κ1) is 8.68. The fourth-order valence-electron chi connectivity index (χ4n) is 0.776. The zero-order valence-corrected chi connectivity index (χ0v) is 8.63. The van der Waals surface area contributed by atoms with Gasteiger partial charge in [-0.15, -0.1) is 11.3 Å². The summed E-state index contributed by atoms with van der Waals surface area (Å²) in [5.74, 6) is 0. The number of hydrogen-bond donors (Lipinski definition) is 0. The normalized spacial score (nSPS) is 9.64. The van der Waals surface area contributed by atoms with Crippen LogP contribution in [0.15, 0.2) is 13.2 Å². The average Bonchev–Trinajstić information content (AvgIpc) is 2.30. The number of thiazole rings is 1. The van der Waals surface area contributed by atoms with Gasteiger partial charge in [0.2, 0.25) is 0 Å². The second kappa shape index (κ2) is 3.32. The summed E-state index contributed by atoms with van der Waals surface area (Å²) >= 11 is 4.91. The highest BCUT2D eigenvalue weighted by Gasteiger charge is 2.06. The molecule has 0 fully saturated rings. The van der Waals surface area contributed by atoms with Crippen LogP contribution in [0, 0.1) is 6.92 Å². The maximum atomic E-state index is 4.28. The Kier molecular flexibility index (Phi) is 2.62. The molecular weight excluding hydrogens is 222 g/mol. The highest BCUT2D eigenvalue weighted by Crippen LogP contribution is 2.27. The summed E-state index contributed by atoms with van der Waals surface area (Å²) in [7, 11) is 0. The van der Waals surface area contributed by atoms with Crippen molar-refractivity contribution in [3.8, 4) is 0 Å². The van der Waals surface area contributed by atoms with Crippen LogP contribution in [0.4, 0.5) is 0 Å². The van der Waals surface area contributed by atoms with E-state index >= 15 is 0 Å². The molecule has 11 heavy (non-hydrogen) atoms. The second-order valence-corrected chi connectivity index (χ2v) is 4.25. The van der Waals surface area contributed by atoms with Gasteiger partial charge < -0.3 is 0 Å². The minimum Gasteiger partial charge on any atom is -0.240 e. The van der Waals surface area contributed by atoms with Crippen molar-refractivity contribution < 1.29 is 0 Å². The van der Waals surface area contributed by atoms with Crippen LogP contribution in [-0.2, 0) is 0 Å². The van der Waals surface area contributed by atoms with Gasteiger partial charge in [0.15, 0.2) is 0 Å². The molecule has 0 aliphatic rings. The van der Waals surface area contributed by atoms with Crippen LogP contribution in [0.3, 0.4) is 0 Å². The van der Waals surface area contributed by atoms with E-state index in [4.69, 9.17) is 0 Å². The summed E-state index contributed by atoms with van der Waals surface area (Å²) in [6, 6.07) is 0. The largest absolute Gasteiger partial charge is 0.240 e. The lowest BCUT2D eigenvalue weighted by atomic mass is 10.3. The lowest BCUT2D eigenvalue weighted by Crippen LogP contribution is -1.77. The summed E-state index contributed by atoms with van der Waals surface area (Å²) < 4.78 is 0.816. The Morgan fingerprint density at radius 3 is 2.73 bits per heavy atom. The van der Waals surface area contributed by atoms with Crippen LogP contribution in [0.1, 0.15) is 15.6 Å². The maximum absolute atomic E-state index is 4.28. The Labute approximate surface area is 78.6 Å². The first-order valence-electron chi connectivity index (χ1n) is 3.09.